The van der Waals surface area contributed by atoms with Gasteiger partial charge in [0.05, 0.1) is 12.2 Å². The summed E-state index contributed by atoms with van der Waals surface area (Å²) < 4.78 is 30.5. The molecular formula is C24H23N3O2S. The van der Waals surface area contributed by atoms with Gasteiger partial charge in [-0.1, -0.05) is 78.9 Å². The Balaban J connectivity index is 1.82. The van der Waals surface area contributed by atoms with E-state index in [0.717, 1.165) is 11.1 Å². The molecule has 0 aliphatic heterocycles. The van der Waals surface area contributed by atoms with E-state index in [0.29, 0.717) is 24.5 Å². The van der Waals surface area contributed by atoms with Gasteiger partial charge in [-0.25, -0.2) is 8.42 Å². The number of nitrogens with zero attached hydrogens (tertiary/aromatic N) is 3. The quantitative estimate of drug-likeness (QED) is 0.433. The number of rotatable bonds is 7. The van der Waals surface area contributed by atoms with E-state index < -0.39 is 10.0 Å². The fourth-order valence-corrected chi connectivity index (χ4v) is 5.08. The molecule has 0 saturated carbocycles. The van der Waals surface area contributed by atoms with Crippen molar-refractivity contribution in [1.82, 2.24) is 9.78 Å². The van der Waals surface area contributed by atoms with Gasteiger partial charge in [-0.2, -0.15) is 5.10 Å². The van der Waals surface area contributed by atoms with Crippen LogP contribution in [0.25, 0.3) is 11.3 Å². The lowest BCUT2D eigenvalue weighted by Crippen LogP contribution is -2.30. The van der Waals surface area contributed by atoms with Gasteiger partial charge in [0.25, 0.3) is 10.0 Å². The number of anilines is 1. The van der Waals surface area contributed by atoms with Crippen molar-refractivity contribution < 1.29 is 8.42 Å². The first-order chi connectivity index (χ1) is 14.6. The van der Waals surface area contributed by atoms with E-state index in [1.807, 2.05) is 85.8 Å². The molecule has 3 aromatic carbocycles. The molecule has 0 fully saturated rings. The van der Waals surface area contributed by atoms with Crippen LogP contribution >= 0.6 is 0 Å². The summed E-state index contributed by atoms with van der Waals surface area (Å²) in [5.41, 5.74) is 2.92. The first-order valence-electron chi connectivity index (χ1n) is 9.84. The molecule has 0 amide bonds. The van der Waals surface area contributed by atoms with Crippen LogP contribution < -0.4 is 4.31 Å². The predicted molar refractivity (Wildman–Crippen MR) is 120 cm³/mol. The average molecular weight is 418 g/mol. The van der Waals surface area contributed by atoms with Crippen LogP contribution in [-0.2, 0) is 16.6 Å². The highest BCUT2D eigenvalue weighted by molar-refractivity contribution is 7.93. The Labute approximate surface area is 177 Å². The Hall–Kier alpha value is -3.38. The summed E-state index contributed by atoms with van der Waals surface area (Å²) in [5.74, 6) is 0. The van der Waals surface area contributed by atoms with Gasteiger partial charge in [0.15, 0.2) is 0 Å². The molecule has 0 unspecified atom stereocenters. The smallest absolute Gasteiger partial charge is 0.267 e. The average Bonchev–Trinajstić information content (AvgIpc) is 3.21. The molecule has 4 aromatic rings. The van der Waals surface area contributed by atoms with Crippen LogP contribution in [0, 0.1) is 0 Å². The fourth-order valence-electron chi connectivity index (χ4n) is 3.44. The SMILES string of the molecule is CCN(c1ccccc1)S(=O)(=O)c1cn(Cc2ccccc2)nc1-c1ccccc1. The number of aromatic nitrogens is 2. The van der Waals surface area contributed by atoms with Gasteiger partial charge < -0.3 is 0 Å². The van der Waals surface area contributed by atoms with Gasteiger partial charge in [-0.3, -0.25) is 8.99 Å². The summed E-state index contributed by atoms with van der Waals surface area (Å²) in [6.07, 6.45) is 1.64. The van der Waals surface area contributed by atoms with Gasteiger partial charge in [0.2, 0.25) is 0 Å². The third-order valence-electron chi connectivity index (χ3n) is 4.86. The highest BCUT2D eigenvalue weighted by atomic mass is 32.2. The summed E-state index contributed by atoms with van der Waals surface area (Å²) in [4.78, 5) is 0.204. The van der Waals surface area contributed by atoms with Crippen LogP contribution in [0.1, 0.15) is 12.5 Å². The highest BCUT2D eigenvalue weighted by Gasteiger charge is 2.29. The minimum atomic E-state index is -3.80. The topological polar surface area (TPSA) is 55.2 Å². The van der Waals surface area contributed by atoms with E-state index in [2.05, 4.69) is 5.10 Å². The molecule has 1 heterocycles. The molecule has 5 nitrogen and oxygen atoms in total. The van der Waals surface area contributed by atoms with E-state index >= 15 is 0 Å². The Kier molecular flexibility index (Phi) is 5.68. The Morgan fingerprint density at radius 1 is 0.833 bits per heavy atom. The zero-order valence-electron chi connectivity index (χ0n) is 16.7. The zero-order chi connectivity index (χ0) is 21.0. The van der Waals surface area contributed by atoms with Crippen molar-refractivity contribution in [3.05, 3.63) is 103 Å². The third-order valence-corrected chi connectivity index (χ3v) is 6.77. The van der Waals surface area contributed by atoms with Crippen molar-refractivity contribution >= 4 is 15.7 Å². The number of hydrogen-bond acceptors (Lipinski definition) is 3. The highest BCUT2D eigenvalue weighted by Crippen LogP contribution is 2.31. The van der Waals surface area contributed by atoms with Crippen molar-refractivity contribution in [1.29, 1.82) is 0 Å². The molecule has 6 heteroatoms. The molecule has 0 bridgehead atoms. The monoisotopic (exact) mass is 417 g/mol. The second-order valence-corrected chi connectivity index (χ2v) is 8.73. The Morgan fingerprint density at radius 2 is 1.40 bits per heavy atom. The first-order valence-corrected chi connectivity index (χ1v) is 11.3. The maximum atomic E-state index is 13.7. The minimum Gasteiger partial charge on any atom is -0.267 e. The zero-order valence-corrected chi connectivity index (χ0v) is 17.5. The van der Waals surface area contributed by atoms with E-state index in [1.54, 1.807) is 23.0 Å². The van der Waals surface area contributed by atoms with E-state index in [4.69, 9.17) is 0 Å². The summed E-state index contributed by atoms with van der Waals surface area (Å²) >= 11 is 0. The first kappa shape index (κ1) is 19.9. The van der Waals surface area contributed by atoms with Crippen molar-refractivity contribution in [3.8, 4) is 11.3 Å². The number of hydrogen-bond donors (Lipinski definition) is 0. The largest absolute Gasteiger partial charge is 0.268 e. The van der Waals surface area contributed by atoms with E-state index in [-0.39, 0.29) is 4.90 Å². The maximum absolute atomic E-state index is 13.7. The molecule has 152 valence electrons. The molecule has 0 spiro atoms. The lowest BCUT2D eigenvalue weighted by molar-refractivity contribution is 0.591. The Bertz CT molecular complexity index is 1210. The molecule has 0 saturated heterocycles. The summed E-state index contributed by atoms with van der Waals surface area (Å²) in [7, 11) is -3.80. The lowest BCUT2D eigenvalue weighted by atomic mass is 10.2. The number of benzene rings is 3. The second-order valence-electron chi connectivity index (χ2n) is 6.90. The molecule has 0 atom stereocenters. The van der Waals surface area contributed by atoms with Crippen molar-refractivity contribution in [2.24, 2.45) is 0 Å². The predicted octanol–water partition coefficient (Wildman–Crippen LogP) is 4.81. The van der Waals surface area contributed by atoms with E-state index in [1.165, 1.54) is 4.31 Å². The molecule has 0 radical (unpaired) electrons. The fraction of sp³-hybridized carbons (Fsp3) is 0.125. The summed E-state index contributed by atoms with van der Waals surface area (Å²) in [6.45, 7) is 2.65. The van der Waals surface area contributed by atoms with Crippen LogP contribution in [-0.4, -0.2) is 24.7 Å². The van der Waals surface area contributed by atoms with Gasteiger partial charge in [0.1, 0.15) is 10.6 Å². The normalized spacial score (nSPS) is 11.4. The van der Waals surface area contributed by atoms with Crippen LogP contribution in [0.5, 0.6) is 0 Å². The van der Waals surface area contributed by atoms with Gasteiger partial charge in [-0.05, 0) is 24.6 Å². The summed E-state index contributed by atoms with van der Waals surface area (Å²) in [5, 5.41) is 4.66. The van der Waals surface area contributed by atoms with Crippen molar-refractivity contribution in [3.63, 3.8) is 0 Å². The minimum absolute atomic E-state index is 0.204. The number of para-hydroxylation sites is 1. The van der Waals surface area contributed by atoms with Crippen LogP contribution in [0.15, 0.2) is 102 Å². The number of sulfonamides is 1. The van der Waals surface area contributed by atoms with Gasteiger partial charge in [-0.15, -0.1) is 0 Å². The molecule has 1 aromatic heterocycles. The third kappa shape index (κ3) is 4.00. The van der Waals surface area contributed by atoms with Gasteiger partial charge >= 0.3 is 0 Å². The van der Waals surface area contributed by atoms with Crippen LogP contribution in [0.4, 0.5) is 5.69 Å². The van der Waals surface area contributed by atoms with Crippen LogP contribution in [0.3, 0.4) is 0 Å². The molecule has 0 N–H and O–H groups in total. The Morgan fingerprint density at radius 3 is 2.00 bits per heavy atom. The second kappa shape index (κ2) is 8.55. The van der Waals surface area contributed by atoms with Crippen molar-refractivity contribution in [2.75, 3.05) is 10.8 Å². The molecule has 0 aliphatic carbocycles. The standard InChI is InChI=1S/C24H23N3O2S/c1-2-27(22-16-10-5-11-17-22)30(28,29)23-19-26(18-20-12-6-3-7-13-20)25-24(23)21-14-8-4-9-15-21/h3-17,19H,2,18H2,1H3. The molecule has 4 rings (SSSR count). The molecular weight excluding hydrogens is 394 g/mol. The van der Waals surface area contributed by atoms with Crippen molar-refractivity contribution in [2.45, 2.75) is 18.4 Å². The summed E-state index contributed by atoms with van der Waals surface area (Å²) in [6, 6.07) is 28.5. The van der Waals surface area contributed by atoms with Gasteiger partial charge in [0, 0.05) is 18.3 Å². The molecule has 30 heavy (non-hydrogen) atoms. The van der Waals surface area contributed by atoms with Crippen LogP contribution in [0.2, 0.25) is 0 Å². The molecule has 0 aliphatic rings. The maximum Gasteiger partial charge on any atom is 0.268 e. The van der Waals surface area contributed by atoms with E-state index in [9.17, 15) is 8.42 Å². The lowest BCUT2D eigenvalue weighted by Gasteiger charge is -2.22.